The Labute approximate surface area is 229 Å². The van der Waals surface area contributed by atoms with E-state index >= 15 is 0 Å². The number of benzene rings is 4. The number of hydrogen-bond donors (Lipinski definition) is 0. The fourth-order valence-electron chi connectivity index (χ4n) is 3.61. The summed E-state index contributed by atoms with van der Waals surface area (Å²) in [5, 5.41) is 1.83. The van der Waals surface area contributed by atoms with Crippen LogP contribution in [0.15, 0.2) is 117 Å². The molecule has 0 bridgehead atoms. The van der Waals surface area contributed by atoms with Crippen molar-refractivity contribution in [2.24, 2.45) is 0 Å². The third kappa shape index (κ3) is 6.56. The van der Waals surface area contributed by atoms with Crippen molar-refractivity contribution >= 4 is 34.6 Å². The maximum Gasteiger partial charge on any atom is 0.343 e. The van der Waals surface area contributed by atoms with Gasteiger partial charge in [-0.1, -0.05) is 50.1 Å². The molecular weight excluding hydrogens is 512 g/mol. The van der Waals surface area contributed by atoms with Crippen LogP contribution in [0.4, 0.5) is 0 Å². The third-order valence-corrected chi connectivity index (χ3v) is 5.53. The maximum atomic E-state index is 12.8. The summed E-state index contributed by atoms with van der Waals surface area (Å²) >= 11 is 0. The van der Waals surface area contributed by atoms with Crippen molar-refractivity contribution in [3.63, 3.8) is 0 Å². The van der Waals surface area contributed by atoms with Gasteiger partial charge in [0.15, 0.2) is 11.5 Å². The average molecular weight is 535 g/mol. The Balaban J connectivity index is 1.50. The zero-order chi connectivity index (χ0) is 28.6. The Morgan fingerprint density at radius 2 is 1.02 bits per heavy atom. The topological polar surface area (TPSA) is 105 Å². The van der Waals surface area contributed by atoms with Crippen LogP contribution in [0.3, 0.4) is 0 Å². The average Bonchev–Trinajstić information content (AvgIpc) is 2.97. The van der Waals surface area contributed by atoms with Gasteiger partial charge in [-0.05, 0) is 64.4 Å². The molecular formula is C32H22O8. The van der Waals surface area contributed by atoms with E-state index in [1.807, 2.05) is 24.3 Å². The van der Waals surface area contributed by atoms with E-state index in [1.54, 1.807) is 36.4 Å². The molecule has 0 N–H and O–H groups in total. The van der Waals surface area contributed by atoms with Crippen LogP contribution in [0.1, 0.15) is 10.4 Å². The molecule has 0 saturated heterocycles. The SMILES string of the molecule is C=CC(=O)Oc1ccc2cc(-c3ccc(C(=O)Oc4ccc(OC(=O)C=C)c(OC(=O)C=C)c4)cc3)ccc2c1. The minimum Gasteiger partial charge on any atom is -0.423 e. The van der Waals surface area contributed by atoms with Crippen LogP contribution in [0.5, 0.6) is 23.0 Å². The van der Waals surface area contributed by atoms with Gasteiger partial charge >= 0.3 is 23.9 Å². The summed E-state index contributed by atoms with van der Waals surface area (Å²) in [7, 11) is 0. The molecule has 8 heteroatoms. The van der Waals surface area contributed by atoms with Gasteiger partial charge in [0.1, 0.15) is 11.5 Å². The molecule has 0 saturated carbocycles. The first kappa shape index (κ1) is 27.3. The van der Waals surface area contributed by atoms with E-state index in [-0.39, 0.29) is 22.8 Å². The lowest BCUT2D eigenvalue weighted by atomic mass is 10.00. The van der Waals surface area contributed by atoms with E-state index in [1.165, 1.54) is 18.2 Å². The quantitative estimate of drug-likeness (QED) is 0.146. The first-order valence-corrected chi connectivity index (χ1v) is 11.8. The first-order valence-electron chi connectivity index (χ1n) is 11.8. The number of rotatable bonds is 9. The lowest BCUT2D eigenvalue weighted by Gasteiger charge is -2.11. The monoisotopic (exact) mass is 534 g/mol. The fraction of sp³-hybridized carbons (Fsp3) is 0. The van der Waals surface area contributed by atoms with E-state index in [0.717, 1.165) is 40.1 Å². The van der Waals surface area contributed by atoms with Crippen LogP contribution < -0.4 is 18.9 Å². The third-order valence-electron chi connectivity index (χ3n) is 5.53. The van der Waals surface area contributed by atoms with Crippen LogP contribution in [-0.4, -0.2) is 23.9 Å². The number of hydrogen-bond acceptors (Lipinski definition) is 8. The molecule has 0 amide bonds. The minimum atomic E-state index is -0.791. The number of ether oxygens (including phenoxy) is 4. The second-order valence-electron chi connectivity index (χ2n) is 8.17. The zero-order valence-electron chi connectivity index (χ0n) is 21.1. The van der Waals surface area contributed by atoms with Gasteiger partial charge in [-0.3, -0.25) is 0 Å². The Hall–Kier alpha value is -5.76. The summed E-state index contributed by atoms with van der Waals surface area (Å²) in [4.78, 5) is 47.5. The maximum absolute atomic E-state index is 12.8. The summed E-state index contributed by atoms with van der Waals surface area (Å²) in [6, 6.07) is 21.9. The number of fused-ring (bicyclic) bond motifs is 1. The number of carbonyl (C=O) groups is 4. The molecule has 0 unspecified atom stereocenters. The molecule has 0 aliphatic rings. The standard InChI is InChI=1S/C32H22O8/c1-4-29(33)37-25-14-13-23-17-22(11-12-24(23)18-25)20-7-9-21(10-8-20)32(36)38-26-15-16-27(39-30(34)5-2)28(19-26)40-31(35)6-3/h4-19H,1-3H2. The second kappa shape index (κ2) is 12.2. The summed E-state index contributed by atoms with van der Waals surface area (Å²) in [5.74, 6) is -2.44. The van der Waals surface area contributed by atoms with Crippen LogP contribution >= 0.6 is 0 Å². The van der Waals surface area contributed by atoms with Gasteiger partial charge in [0.2, 0.25) is 0 Å². The summed E-state index contributed by atoms with van der Waals surface area (Å²) in [6.45, 7) is 10.0. The fourth-order valence-corrected chi connectivity index (χ4v) is 3.61. The van der Waals surface area contributed by atoms with Gasteiger partial charge in [0, 0.05) is 24.3 Å². The van der Waals surface area contributed by atoms with Crippen molar-refractivity contribution in [3.8, 4) is 34.1 Å². The predicted octanol–water partition coefficient (Wildman–Crippen LogP) is 6.00. The van der Waals surface area contributed by atoms with Gasteiger partial charge < -0.3 is 18.9 Å². The summed E-state index contributed by atoms with van der Waals surface area (Å²) < 4.78 is 20.8. The molecule has 198 valence electrons. The highest BCUT2D eigenvalue weighted by Gasteiger charge is 2.16. The summed E-state index contributed by atoms with van der Waals surface area (Å²) in [5.41, 5.74) is 2.07. The van der Waals surface area contributed by atoms with Crippen LogP contribution in [0.25, 0.3) is 21.9 Å². The summed E-state index contributed by atoms with van der Waals surface area (Å²) in [6.07, 6.45) is 2.99. The first-order chi connectivity index (χ1) is 19.3. The van der Waals surface area contributed by atoms with Crippen molar-refractivity contribution in [1.29, 1.82) is 0 Å². The van der Waals surface area contributed by atoms with Crippen molar-refractivity contribution in [2.45, 2.75) is 0 Å². The van der Waals surface area contributed by atoms with Crippen molar-refractivity contribution in [3.05, 3.63) is 122 Å². The van der Waals surface area contributed by atoms with Gasteiger partial charge in [0.25, 0.3) is 0 Å². The molecule has 0 spiro atoms. The molecule has 40 heavy (non-hydrogen) atoms. The highest BCUT2D eigenvalue weighted by Crippen LogP contribution is 2.33. The highest BCUT2D eigenvalue weighted by atomic mass is 16.6. The predicted molar refractivity (Wildman–Crippen MR) is 148 cm³/mol. The van der Waals surface area contributed by atoms with Crippen LogP contribution in [-0.2, 0) is 14.4 Å². The van der Waals surface area contributed by atoms with E-state index < -0.39 is 23.9 Å². The second-order valence-corrected chi connectivity index (χ2v) is 8.17. The van der Waals surface area contributed by atoms with Gasteiger partial charge in [0.05, 0.1) is 5.56 Å². The highest BCUT2D eigenvalue weighted by molar-refractivity contribution is 5.93. The smallest absolute Gasteiger partial charge is 0.343 e. The molecule has 0 fully saturated rings. The van der Waals surface area contributed by atoms with Gasteiger partial charge in [-0.25, -0.2) is 19.2 Å². The number of carbonyl (C=O) groups excluding carboxylic acids is 4. The molecule has 4 aromatic carbocycles. The normalized spacial score (nSPS) is 10.2. The van der Waals surface area contributed by atoms with Crippen LogP contribution in [0, 0.1) is 0 Å². The molecule has 4 rings (SSSR count). The minimum absolute atomic E-state index is 0.0614. The Kier molecular flexibility index (Phi) is 8.31. The van der Waals surface area contributed by atoms with Crippen molar-refractivity contribution in [2.75, 3.05) is 0 Å². The van der Waals surface area contributed by atoms with E-state index in [9.17, 15) is 19.2 Å². The van der Waals surface area contributed by atoms with Gasteiger partial charge in [-0.15, -0.1) is 0 Å². The molecule has 0 atom stereocenters. The molecule has 0 aliphatic carbocycles. The molecule has 0 aromatic heterocycles. The zero-order valence-corrected chi connectivity index (χ0v) is 21.1. The van der Waals surface area contributed by atoms with Gasteiger partial charge in [-0.2, -0.15) is 0 Å². The molecule has 0 aliphatic heterocycles. The molecule has 0 radical (unpaired) electrons. The lowest BCUT2D eigenvalue weighted by molar-refractivity contribution is -0.131. The van der Waals surface area contributed by atoms with Crippen molar-refractivity contribution in [1.82, 2.24) is 0 Å². The molecule has 8 nitrogen and oxygen atoms in total. The number of esters is 4. The van der Waals surface area contributed by atoms with E-state index in [0.29, 0.717) is 5.75 Å². The van der Waals surface area contributed by atoms with E-state index in [2.05, 4.69) is 19.7 Å². The molecule has 4 aromatic rings. The van der Waals surface area contributed by atoms with Crippen LogP contribution in [0.2, 0.25) is 0 Å². The Morgan fingerprint density at radius 1 is 0.500 bits per heavy atom. The van der Waals surface area contributed by atoms with E-state index in [4.69, 9.17) is 18.9 Å². The Morgan fingerprint density at radius 3 is 1.70 bits per heavy atom. The Bertz CT molecular complexity index is 1660. The largest absolute Gasteiger partial charge is 0.423 e. The molecule has 0 heterocycles. The lowest BCUT2D eigenvalue weighted by Crippen LogP contribution is -2.11. The van der Waals surface area contributed by atoms with Crippen molar-refractivity contribution < 1.29 is 38.1 Å².